The van der Waals surface area contributed by atoms with Gasteiger partial charge in [0.2, 0.25) is 0 Å². The van der Waals surface area contributed by atoms with E-state index in [0.29, 0.717) is 18.6 Å². The Morgan fingerprint density at radius 1 is 0.884 bits per heavy atom. The van der Waals surface area contributed by atoms with Gasteiger partial charge in [0, 0.05) is 38.4 Å². The van der Waals surface area contributed by atoms with Crippen molar-refractivity contribution in [3.63, 3.8) is 0 Å². The van der Waals surface area contributed by atoms with Crippen LogP contribution in [0.3, 0.4) is 0 Å². The van der Waals surface area contributed by atoms with Gasteiger partial charge in [-0.1, -0.05) is 97.3 Å². The highest BCUT2D eigenvalue weighted by atomic mass is 32.1. The second-order valence-corrected chi connectivity index (χ2v) is 13.8. The van der Waals surface area contributed by atoms with Crippen molar-refractivity contribution >= 4 is 17.4 Å². The van der Waals surface area contributed by atoms with Gasteiger partial charge in [-0.25, -0.2) is 4.79 Å². The fourth-order valence-corrected chi connectivity index (χ4v) is 6.79. The van der Waals surface area contributed by atoms with Gasteiger partial charge < -0.3 is 24.5 Å². The molecule has 0 bridgehead atoms. The van der Waals surface area contributed by atoms with Crippen LogP contribution in [0.15, 0.2) is 16.6 Å². The molecule has 2 N–H and O–H groups in total. The molecule has 252 valence electrons. The van der Waals surface area contributed by atoms with Crippen LogP contribution in [0.25, 0.3) is 0 Å². The summed E-state index contributed by atoms with van der Waals surface area (Å²) in [7, 11) is 3.66. The van der Waals surface area contributed by atoms with Crippen molar-refractivity contribution in [2.24, 2.45) is 16.6 Å². The molecule has 0 fully saturated rings. The Morgan fingerprint density at radius 3 is 2.16 bits per heavy atom. The van der Waals surface area contributed by atoms with Crippen molar-refractivity contribution < 1.29 is 19.0 Å². The van der Waals surface area contributed by atoms with Crippen LogP contribution in [-0.4, -0.2) is 49.7 Å². The van der Waals surface area contributed by atoms with E-state index in [1.165, 1.54) is 70.6 Å². The third-order valence-corrected chi connectivity index (χ3v) is 9.63. The number of primary amides is 1. The average molecular weight is 626 g/mol. The maximum absolute atomic E-state index is 11.1. The summed E-state index contributed by atoms with van der Waals surface area (Å²) in [5.74, 6) is 0.410. The first-order valence-corrected chi connectivity index (χ1v) is 18.3. The van der Waals surface area contributed by atoms with E-state index < -0.39 is 6.09 Å². The molecule has 0 spiro atoms. The largest absolute Gasteiger partial charge is 0.450 e. The molecule has 0 aliphatic rings. The molecule has 0 aliphatic carbocycles. The lowest BCUT2D eigenvalue weighted by Gasteiger charge is -2.29. The van der Waals surface area contributed by atoms with Gasteiger partial charge in [-0.05, 0) is 58.3 Å². The van der Waals surface area contributed by atoms with Gasteiger partial charge in [-0.15, -0.1) is 11.3 Å². The molecule has 1 amide bonds. The van der Waals surface area contributed by atoms with Crippen LogP contribution in [0.2, 0.25) is 0 Å². The SMILES string of the molecule is CCCCCCCCCCCC(CCCC(CCOC(N)=O)CC(C)(C)OC)OCCC(CCCC)n1ccsc1=NC. The smallest absolute Gasteiger partial charge is 0.404 e. The standard InChI is InChI=1S/C35H67N3O4S/c1-7-9-11-12-13-14-15-16-17-21-32(22-18-19-30(23-26-42-33(36)39)29-35(3,4)40-6)41-27-24-31(20-10-8-2)38-25-28-43-34(38)37-5/h25,28,30-32H,7-24,26-27,29H2,1-6H3,(H2,36,39). The lowest BCUT2D eigenvalue weighted by atomic mass is 9.86. The topological polar surface area (TPSA) is 88.1 Å². The molecule has 0 aliphatic heterocycles. The Hall–Kier alpha value is -1.38. The highest BCUT2D eigenvalue weighted by Gasteiger charge is 2.23. The first-order chi connectivity index (χ1) is 20.8. The van der Waals surface area contributed by atoms with Gasteiger partial charge in [0.05, 0.1) is 18.3 Å². The number of ether oxygens (including phenoxy) is 3. The zero-order valence-electron chi connectivity index (χ0n) is 28.7. The van der Waals surface area contributed by atoms with Crippen LogP contribution in [-0.2, 0) is 14.2 Å². The van der Waals surface area contributed by atoms with Gasteiger partial charge in [-0.3, -0.25) is 4.99 Å². The maximum Gasteiger partial charge on any atom is 0.404 e. The highest BCUT2D eigenvalue weighted by molar-refractivity contribution is 7.07. The molecule has 0 saturated heterocycles. The summed E-state index contributed by atoms with van der Waals surface area (Å²) in [6.45, 7) is 9.95. The molecule has 1 aromatic rings. The number of thiazole rings is 1. The lowest BCUT2D eigenvalue weighted by Crippen LogP contribution is -2.27. The Bertz CT molecular complexity index is 869. The summed E-state index contributed by atoms with van der Waals surface area (Å²) in [6, 6.07) is 0.434. The first-order valence-electron chi connectivity index (χ1n) is 17.4. The Labute approximate surface area is 268 Å². The van der Waals surface area contributed by atoms with Crippen molar-refractivity contribution in [2.45, 2.75) is 167 Å². The van der Waals surface area contributed by atoms with E-state index in [9.17, 15) is 4.79 Å². The Kier molecular flexibility index (Phi) is 22.9. The summed E-state index contributed by atoms with van der Waals surface area (Å²) < 4.78 is 19.8. The van der Waals surface area contributed by atoms with Gasteiger partial charge in [0.25, 0.3) is 0 Å². The third kappa shape index (κ3) is 19.6. The third-order valence-electron chi connectivity index (χ3n) is 8.77. The number of nitrogens with zero attached hydrogens (tertiary/aromatic N) is 2. The van der Waals surface area contributed by atoms with Crippen LogP contribution in [0.1, 0.15) is 156 Å². The minimum Gasteiger partial charge on any atom is -0.450 e. The number of amides is 1. The molecule has 3 unspecified atom stereocenters. The zero-order chi connectivity index (χ0) is 31.8. The van der Waals surface area contributed by atoms with E-state index in [1.807, 2.05) is 7.05 Å². The molecule has 0 radical (unpaired) electrons. The normalized spacial score (nSPS) is 14.6. The van der Waals surface area contributed by atoms with Crippen molar-refractivity contribution in [3.05, 3.63) is 16.4 Å². The quantitative estimate of drug-likeness (QED) is 0.0939. The summed E-state index contributed by atoms with van der Waals surface area (Å²) in [5, 5.41) is 2.14. The van der Waals surface area contributed by atoms with Gasteiger partial charge in [0.15, 0.2) is 4.80 Å². The predicted molar refractivity (Wildman–Crippen MR) is 182 cm³/mol. The number of hydrogen-bond donors (Lipinski definition) is 1. The molecular weight excluding hydrogens is 558 g/mol. The van der Waals surface area contributed by atoms with Crippen molar-refractivity contribution in [1.82, 2.24) is 4.57 Å². The molecule has 1 heterocycles. The lowest BCUT2D eigenvalue weighted by molar-refractivity contribution is -0.00388. The fourth-order valence-electron chi connectivity index (χ4n) is 6.04. The molecule has 1 aromatic heterocycles. The number of carbonyl (C=O) groups is 1. The number of methoxy groups -OCH3 is 1. The molecular formula is C35H67N3O4S. The van der Waals surface area contributed by atoms with E-state index >= 15 is 0 Å². The molecule has 8 heteroatoms. The van der Waals surface area contributed by atoms with E-state index in [1.54, 1.807) is 18.4 Å². The van der Waals surface area contributed by atoms with Crippen molar-refractivity contribution in [2.75, 3.05) is 27.4 Å². The van der Waals surface area contributed by atoms with Crippen LogP contribution in [0.5, 0.6) is 0 Å². The first kappa shape index (κ1) is 39.6. The predicted octanol–water partition coefficient (Wildman–Crippen LogP) is 9.59. The summed E-state index contributed by atoms with van der Waals surface area (Å²) in [6.07, 6.45) is 24.6. The second kappa shape index (κ2) is 24.9. The molecule has 3 atom stereocenters. The van der Waals surface area contributed by atoms with Gasteiger partial charge in [-0.2, -0.15) is 0 Å². The summed E-state index contributed by atoms with van der Waals surface area (Å²) in [4.78, 5) is 16.7. The van der Waals surface area contributed by atoms with Crippen molar-refractivity contribution in [1.29, 1.82) is 0 Å². The van der Waals surface area contributed by atoms with E-state index in [2.05, 4.69) is 48.8 Å². The number of rotatable bonds is 28. The number of hydrogen-bond acceptors (Lipinski definition) is 6. The molecule has 0 saturated carbocycles. The van der Waals surface area contributed by atoms with Gasteiger partial charge >= 0.3 is 6.09 Å². The number of unbranched alkanes of at least 4 members (excludes halogenated alkanes) is 9. The number of carbonyl (C=O) groups excluding carboxylic acids is 1. The van der Waals surface area contributed by atoms with Crippen molar-refractivity contribution in [3.8, 4) is 0 Å². The van der Waals surface area contributed by atoms with E-state index in [0.717, 1.165) is 62.8 Å². The van der Waals surface area contributed by atoms with Crippen LogP contribution < -0.4 is 10.5 Å². The minimum absolute atomic E-state index is 0.208. The molecule has 1 rings (SSSR count). The monoisotopic (exact) mass is 625 g/mol. The van der Waals surface area contributed by atoms with Gasteiger partial charge in [0.1, 0.15) is 0 Å². The highest BCUT2D eigenvalue weighted by Crippen LogP contribution is 2.28. The second-order valence-electron chi connectivity index (χ2n) is 12.9. The van der Waals surface area contributed by atoms with E-state index in [4.69, 9.17) is 19.9 Å². The van der Waals surface area contributed by atoms with Crippen LogP contribution in [0.4, 0.5) is 4.79 Å². The zero-order valence-corrected chi connectivity index (χ0v) is 29.6. The average Bonchev–Trinajstić information content (AvgIpc) is 3.46. The molecule has 43 heavy (non-hydrogen) atoms. The summed E-state index contributed by atoms with van der Waals surface area (Å²) >= 11 is 1.71. The summed E-state index contributed by atoms with van der Waals surface area (Å²) in [5.41, 5.74) is 5.00. The molecule has 0 aromatic carbocycles. The number of nitrogens with two attached hydrogens (primary N) is 1. The Morgan fingerprint density at radius 2 is 1.53 bits per heavy atom. The van der Waals surface area contributed by atoms with Crippen LogP contribution in [0, 0.1) is 5.92 Å². The maximum atomic E-state index is 11.1. The minimum atomic E-state index is -0.697. The molecule has 7 nitrogen and oxygen atoms in total. The Balaban J connectivity index is 2.71. The van der Waals surface area contributed by atoms with Crippen LogP contribution >= 0.6 is 11.3 Å². The number of aromatic nitrogens is 1. The van der Waals surface area contributed by atoms with E-state index in [-0.39, 0.29) is 11.7 Å². The fraction of sp³-hybridized carbons (Fsp3) is 0.886.